The number of hydrogen-bond donors (Lipinski definition) is 1. The Hall–Kier alpha value is -0.720. The summed E-state index contributed by atoms with van der Waals surface area (Å²) >= 11 is -1.50. The minimum Gasteiger partial charge on any atom is -0.598 e. The Bertz CT molecular complexity index is 459. The Morgan fingerprint density at radius 1 is 1.38 bits per heavy atom. The number of allylic oxidation sites excluding steroid dienone is 3. The van der Waals surface area contributed by atoms with E-state index in [4.69, 9.17) is 0 Å². The highest BCUT2D eigenvalue weighted by molar-refractivity contribution is 7.90. The maximum Gasteiger partial charge on any atom is 0.154 e. The molecule has 6 heteroatoms. The molecule has 0 aromatic carbocycles. The van der Waals surface area contributed by atoms with Gasteiger partial charge in [-0.1, -0.05) is 13.0 Å². The molecule has 1 rings (SSSR count). The fourth-order valence-corrected chi connectivity index (χ4v) is 3.38. The molecule has 1 aliphatic carbocycles. The number of nitrogens with one attached hydrogen (secondary N) is 1. The molecule has 2 unspecified atom stereocenters. The Kier molecular flexibility index (Phi) is 5.75. The summed E-state index contributed by atoms with van der Waals surface area (Å²) in [6.45, 7) is 8.67. The largest absolute Gasteiger partial charge is 0.598 e. The second kappa shape index (κ2) is 6.58. The van der Waals surface area contributed by atoms with Crippen molar-refractivity contribution in [2.24, 2.45) is 11.8 Å². The van der Waals surface area contributed by atoms with E-state index in [-0.39, 0.29) is 12.3 Å². The van der Waals surface area contributed by atoms with Gasteiger partial charge in [0.25, 0.3) is 0 Å². The highest BCUT2D eigenvalue weighted by Crippen LogP contribution is 2.41. The summed E-state index contributed by atoms with van der Waals surface area (Å²) in [5.74, 6) is -3.01. The topological polar surface area (TPSA) is 52.2 Å². The van der Waals surface area contributed by atoms with Gasteiger partial charge in [-0.2, -0.15) is 0 Å². The third-order valence-electron chi connectivity index (χ3n) is 3.65. The second-order valence-electron chi connectivity index (χ2n) is 6.66. The molecule has 0 aromatic rings. The van der Waals surface area contributed by atoms with Crippen LogP contribution in [-0.4, -0.2) is 21.1 Å². The van der Waals surface area contributed by atoms with Crippen molar-refractivity contribution in [1.82, 2.24) is 4.72 Å². The highest BCUT2D eigenvalue weighted by atomic mass is 32.2. The molecule has 0 bridgehead atoms. The zero-order valence-electron chi connectivity index (χ0n) is 13.1. The number of halogens is 2. The van der Waals surface area contributed by atoms with Crippen LogP contribution >= 0.6 is 0 Å². The summed E-state index contributed by atoms with van der Waals surface area (Å²) in [4.78, 5) is 11.0. The number of rotatable bonds is 5. The zero-order chi connectivity index (χ0) is 16.4. The molecule has 0 amide bonds. The Morgan fingerprint density at radius 3 is 2.43 bits per heavy atom. The predicted molar refractivity (Wildman–Crippen MR) is 81.2 cm³/mol. The third-order valence-corrected chi connectivity index (χ3v) is 5.41. The highest BCUT2D eigenvalue weighted by Gasteiger charge is 2.46. The smallest absolute Gasteiger partial charge is 0.154 e. The van der Waals surface area contributed by atoms with Gasteiger partial charge in [0.2, 0.25) is 0 Å². The SMILES string of the molecule is CC1C=CC(F)=C(F)C1[C@](C)(CC=O)N[S@+]([O-])C(C)(C)C. The minimum absolute atomic E-state index is 0.0572. The lowest BCUT2D eigenvalue weighted by molar-refractivity contribution is -0.109. The molecule has 1 aliphatic rings. The van der Waals surface area contributed by atoms with Crippen molar-refractivity contribution in [3.63, 3.8) is 0 Å². The van der Waals surface area contributed by atoms with E-state index in [0.717, 1.165) is 6.08 Å². The van der Waals surface area contributed by atoms with E-state index >= 15 is 0 Å². The molecule has 3 nitrogen and oxygen atoms in total. The van der Waals surface area contributed by atoms with Crippen LogP contribution in [0.3, 0.4) is 0 Å². The van der Waals surface area contributed by atoms with Crippen molar-refractivity contribution in [2.75, 3.05) is 0 Å². The molecular formula is C15H23F2NO2S. The van der Waals surface area contributed by atoms with Crippen LogP contribution in [-0.2, 0) is 16.2 Å². The van der Waals surface area contributed by atoms with Crippen molar-refractivity contribution in [1.29, 1.82) is 0 Å². The first-order valence-corrected chi connectivity index (χ1v) is 8.04. The van der Waals surface area contributed by atoms with Gasteiger partial charge in [-0.25, -0.2) is 8.78 Å². The summed E-state index contributed by atoms with van der Waals surface area (Å²) in [6.07, 6.45) is 3.24. The lowest BCUT2D eigenvalue weighted by Gasteiger charge is -2.41. The molecule has 4 atom stereocenters. The van der Waals surface area contributed by atoms with Gasteiger partial charge in [0.1, 0.15) is 16.9 Å². The van der Waals surface area contributed by atoms with Crippen molar-refractivity contribution in [2.45, 2.75) is 51.3 Å². The van der Waals surface area contributed by atoms with Crippen LogP contribution in [0.1, 0.15) is 41.0 Å². The lowest BCUT2D eigenvalue weighted by Crippen LogP contribution is -2.57. The first-order valence-electron chi connectivity index (χ1n) is 6.89. The Balaban J connectivity index is 3.15. The predicted octanol–water partition coefficient (Wildman–Crippen LogP) is 3.36. The Morgan fingerprint density at radius 2 is 1.95 bits per heavy atom. The van der Waals surface area contributed by atoms with Crippen molar-refractivity contribution < 1.29 is 18.1 Å². The molecule has 0 fully saturated rings. The normalized spacial score (nSPS) is 27.4. The van der Waals surface area contributed by atoms with Gasteiger partial charge in [-0.15, -0.1) is 4.72 Å². The fourth-order valence-electron chi connectivity index (χ4n) is 2.44. The molecule has 0 heterocycles. The van der Waals surface area contributed by atoms with E-state index in [9.17, 15) is 18.1 Å². The van der Waals surface area contributed by atoms with E-state index in [1.54, 1.807) is 40.7 Å². The monoisotopic (exact) mass is 319 g/mol. The molecule has 0 spiro atoms. The van der Waals surface area contributed by atoms with Crippen LogP contribution in [0.5, 0.6) is 0 Å². The fraction of sp³-hybridized carbons (Fsp3) is 0.667. The van der Waals surface area contributed by atoms with Crippen LogP contribution in [0.2, 0.25) is 0 Å². The molecule has 0 aromatic heterocycles. The molecule has 0 radical (unpaired) electrons. The third kappa shape index (κ3) is 4.14. The number of carbonyl (C=O) groups is 1. The first-order chi connectivity index (χ1) is 9.53. The van der Waals surface area contributed by atoms with Crippen LogP contribution in [0.15, 0.2) is 23.8 Å². The van der Waals surface area contributed by atoms with Crippen LogP contribution in [0.25, 0.3) is 0 Å². The van der Waals surface area contributed by atoms with E-state index < -0.39 is 39.2 Å². The average Bonchev–Trinajstić information content (AvgIpc) is 2.33. The van der Waals surface area contributed by atoms with E-state index in [0.29, 0.717) is 6.29 Å². The summed E-state index contributed by atoms with van der Waals surface area (Å²) in [5.41, 5.74) is -1.12. The van der Waals surface area contributed by atoms with Crippen molar-refractivity contribution in [3.05, 3.63) is 23.8 Å². The van der Waals surface area contributed by atoms with Gasteiger partial charge in [-0.3, -0.25) is 0 Å². The minimum atomic E-state index is -1.50. The average molecular weight is 319 g/mol. The van der Waals surface area contributed by atoms with Gasteiger partial charge in [0.15, 0.2) is 5.83 Å². The van der Waals surface area contributed by atoms with E-state index in [1.807, 2.05) is 0 Å². The van der Waals surface area contributed by atoms with Gasteiger partial charge < -0.3 is 9.35 Å². The van der Waals surface area contributed by atoms with Gasteiger partial charge in [0, 0.05) is 23.7 Å². The Labute approximate surface area is 128 Å². The number of aldehydes is 1. The van der Waals surface area contributed by atoms with Crippen LogP contribution < -0.4 is 4.72 Å². The molecule has 21 heavy (non-hydrogen) atoms. The lowest BCUT2D eigenvalue weighted by atomic mass is 9.73. The van der Waals surface area contributed by atoms with Crippen LogP contribution in [0.4, 0.5) is 8.78 Å². The molecule has 0 saturated heterocycles. The maximum atomic E-state index is 14.3. The molecule has 1 N–H and O–H groups in total. The standard InChI is InChI=1S/C15H23F2NO2S/c1-10-6-7-11(16)13(17)12(10)15(5,8-9-19)18-21(20)14(2,3)4/h6-7,9-10,12,18H,8H2,1-5H3/t10?,12?,15-,21+/m0/s1. The second-order valence-corrected chi connectivity index (χ2v) is 8.63. The first kappa shape index (κ1) is 18.3. The maximum absolute atomic E-state index is 14.3. The molecular weight excluding hydrogens is 296 g/mol. The van der Waals surface area contributed by atoms with E-state index in [1.165, 1.54) is 0 Å². The van der Waals surface area contributed by atoms with Gasteiger partial charge >= 0.3 is 0 Å². The number of carbonyl (C=O) groups excluding carboxylic acids is 1. The summed E-state index contributed by atoms with van der Waals surface area (Å²) in [6, 6.07) is 0. The summed E-state index contributed by atoms with van der Waals surface area (Å²) in [5, 5.41) is 0. The zero-order valence-corrected chi connectivity index (χ0v) is 13.9. The molecule has 0 saturated carbocycles. The van der Waals surface area contributed by atoms with E-state index in [2.05, 4.69) is 4.72 Å². The summed E-state index contributed by atoms with van der Waals surface area (Å²) < 4.78 is 42.4. The quantitative estimate of drug-likeness (QED) is 0.624. The van der Waals surface area contributed by atoms with Crippen molar-refractivity contribution in [3.8, 4) is 0 Å². The molecule has 0 aliphatic heterocycles. The van der Waals surface area contributed by atoms with Crippen LogP contribution in [0, 0.1) is 11.8 Å². The van der Waals surface area contributed by atoms with Gasteiger partial charge in [0.05, 0.1) is 5.54 Å². The van der Waals surface area contributed by atoms with Gasteiger partial charge in [-0.05, 0) is 39.7 Å². The molecule has 120 valence electrons. The summed E-state index contributed by atoms with van der Waals surface area (Å²) in [7, 11) is 0. The number of hydrogen-bond acceptors (Lipinski definition) is 3. The van der Waals surface area contributed by atoms with Crippen molar-refractivity contribution >= 4 is 17.6 Å².